The summed E-state index contributed by atoms with van der Waals surface area (Å²) in [7, 11) is 2.92. The van der Waals surface area contributed by atoms with Crippen LogP contribution in [-0.2, 0) is 16.1 Å². The molecule has 13 heteroatoms. The Balaban J connectivity index is 3.43. The van der Waals surface area contributed by atoms with E-state index in [0.717, 1.165) is 9.13 Å². The molecule has 1 aromatic rings. The Morgan fingerprint density at radius 3 is 2.23 bits per heavy atom. The number of anilines is 1. The third-order valence-electron chi connectivity index (χ3n) is 4.10. The first-order valence-corrected chi connectivity index (χ1v) is 12.3. The lowest BCUT2D eigenvalue weighted by Gasteiger charge is -2.24. The zero-order valence-corrected chi connectivity index (χ0v) is 23.5. The van der Waals surface area contributed by atoms with E-state index in [1.54, 1.807) is 0 Å². The number of ether oxygens (including phenoxy) is 1. The number of nitrogens with zero attached hydrogens (tertiary/aromatic N) is 1. The number of hydrogen-bond donors (Lipinski definition) is 6. The van der Waals surface area contributed by atoms with Crippen LogP contribution in [0.15, 0.2) is 0 Å². The van der Waals surface area contributed by atoms with Crippen LogP contribution in [0.4, 0.5) is 5.69 Å². The lowest BCUT2D eigenvalue weighted by molar-refractivity contribution is -0.119. The van der Waals surface area contributed by atoms with Gasteiger partial charge in [-0.25, -0.2) is 0 Å². The van der Waals surface area contributed by atoms with Crippen LogP contribution in [0.25, 0.3) is 0 Å². The normalized spacial score (nSPS) is 13.1. The largest absolute Gasteiger partial charge is 0.394 e. The first-order valence-electron chi connectivity index (χ1n) is 9.11. The van der Waals surface area contributed by atoms with Crippen LogP contribution >= 0.6 is 67.8 Å². The molecule has 1 aromatic carbocycles. The van der Waals surface area contributed by atoms with E-state index < -0.39 is 18.8 Å². The molecule has 0 radical (unpaired) electrons. The van der Waals surface area contributed by atoms with Gasteiger partial charge in [-0.15, -0.1) is 0 Å². The van der Waals surface area contributed by atoms with Gasteiger partial charge >= 0.3 is 0 Å². The topological polar surface area (TPSA) is 152 Å². The highest BCUT2D eigenvalue weighted by Gasteiger charge is 2.27. The fraction of sp³-hybridized carbons (Fsp3) is 0.556. The fourth-order valence-corrected chi connectivity index (χ4v) is 6.83. The number of methoxy groups -OCH3 is 1. The molecule has 0 aliphatic carbocycles. The Kier molecular flexibility index (Phi) is 13.5. The summed E-state index contributed by atoms with van der Waals surface area (Å²) < 4.78 is 6.78. The molecule has 0 bridgehead atoms. The van der Waals surface area contributed by atoms with Gasteiger partial charge in [0.1, 0.15) is 6.61 Å². The second kappa shape index (κ2) is 14.4. The number of nitrogens with one attached hydrogen (secondary N) is 2. The third-order valence-corrected chi connectivity index (χ3v) is 7.56. The predicted molar refractivity (Wildman–Crippen MR) is 140 cm³/mol. The SMILES string of the molecule is COCC(=O)Nc1c(I)c(CNCC(O)CO)c(I)c(C(=O)N(C)CC(O)CO)c1I. The minimum absolute atomic E-state index is 0.0604. The number of amides is 2. The van der Waals surface area contributed by atoms with Crippen molar-refractivity contribution >= 4 is 85.3 Å². The minimum Gasteiger partial charge on any atom is -0.394 e. The maximum atomic E-state index is 13.2. The van der Waals surface area contributed by atoms with Gasteiger partial charge in [-0.05, 0) is 73.3 Å². The van der Waals surface area contributed by atoms with E-state index in [1.807, 2.05) is 22.6 Å². The monoisotopic (exact) mass is 777 g/mol. The number of halogens is 3. The maximum absolute atomic E-state index is 13.2. The van der Waals surface area contributed by atoms with Crippen molar-refractivity contribution < 1.29 is 34.8 Å². The average molecular weight is 777 g/mol. The van der Waals surface area contributed by atoms with Crippen LogP contribution in [0.3, 0.4) is 0 Å². The van der Waals surface area contributed by atoms with E-state index in [2.05, 4.69) is 55.8 Å². The van der Waals surface area contributed by atoms with Crippen molar-refractivity contribution in [1.29, 1.82) is 0 Å². The van der Waals surface area contributed by atoms with Crippen LogP contribution in [0, 0.1) is 10.7 Å². The second-order valence-electron chi connectivity index (χ2n) is 6.64. The Hall–Kier alpha value is 0.110. The van der Waals surface area contributed by atoms with Crippen LogP contribution < -0.4 is 10.6 Å². The van der Waals surface area contributed by atoms with Crippen LogP contribution in [0.2, 0.25) is 0 Å². The summed E-state index contributed by atoms with van der Waals surface area (Å²) in [6.07, 6.45) is -2.00. The highest BCUT2D eigenvalue weighted by Crippen LogP contribution is 2.36. The Morgan fingerprint density at radius 2 is 1.68 bits per heavy atom. The summed E-state index contributed by atoms with van der Waals surface area (Å²) in [6, 6.07) is 0. The molecule has 0 spiro atoms. The molecule has 31 heavy (non-hydrogen) atoms. The van der Waals surface area contributed by atoms with Gasteiger partial charge < -0.3 is 40.7 Å². The third kappa shape index (κ3) is 8.43. The molecule has 0 aliphatic rings. The fourth-order valence-electron chi connectivity index (χ4n) is 2.55. The number of rotatable bonds is 12. The van der Waals surface area contributed by atoms with Crippen molar-refractivity contribution in [2.24, 2.45) is 0 Å². The molecule has 0 aromatic heterocycles. The van der Waals surface area contributed by atoms with Crippen molar-refractivity contribution in [3.63, 3.8) is 0 Å². The van der Waals surface area contributed by atoms with E-state index in [4.69, 9.17) is 14.9 Å². The predicted octanol–water partition coefficient (Wildman–Crippen LogP) is -0.0467. The molecular weight excluding hydrogens is 751 g/mol. The number of carbonyl (C=O) groups is 2. The standard InChI is InChI=1S/C18H26I3N3O7/c1-24(5-10(28)7-26)18(30)13-14(19)11(4-22-3-9(27)6-25)15(20)17(16(13)21)23-12(29)8-31-2/h9-10,22,25-28H,3-8H2,1-2H3,(H,23,29). The van der Waals surface area contributed by atoms with Gasteiger partial charge in [0.2, 0.25) is 5.91 Å². The maximum Gasteiger partial charge on any atom is 0.255 e. The summed E-state index contributed by atoms with van der Waals surface area (Å²) in [4.78, 5) is 26.7. The van der Waals surface area contributed by atoms with E-state index in [0.29, 0.717) is 18.4 Å². The van der Waals surface area contributed by atoms with Crippen LogP contribution in [-0.4, -0.2) is 96.4 Å². The number of aliphatic hydroxyl groups is 4. The highest BCUT2D eigenvalue weighted by molar-refractivity contribution is 14.1. The van der Waals surface area contributed by atoms with Crippen molar-refractivity contribution in [2.45, 2.75) is 18.8 Å². The zero-order chi connectivity index (χ0) is 23.7. The lowest BCUT2D eigenvalue weighted by atomic mass is 10.1. The van der Waals surface area contributed by atoms with Crippen molar-refractivity contribution in [1.82, 2.24) is 10.2 Å². The molecule has 6 N–H and O–H groups in total. The molecular formula is C18H26I3N3O7. The quantitative estimate of drug-likeness (QED) is 0.162. The molecule has 2 amide bonds. The highest BCUT2D eigenvalue weighted by atomic mass is 127. The Morgan fingerprint density at radius 1 is 1.06 bits per heavy atom. The molecule has 2 unspecified atom stereocenters. The summed E-state index contributed by atoms with van der Waals surface area (Å²) in [5, 5.41) is 43.2. The van der Waals surface area contributed by atoms with Crippen LogP contribution in [0.5, 0.6) is 0 Å². The van der Waals surface area contributed by atoms with Crippen LogP contribution in [0.1, 0.15) is 15.9 Å². The molecule has 10 nitrogen and oxygen atoms in total. The van der Waals surface area contributed by atoms with E-state index >= 15 is 0 Å². The van der Waals surface area contributed by atoms with Gasteiger partial charge in [-0.2, -0.15) is 0 Å². The average Bonchev–Trinajstić information content (AvgIpc) is 2.73. The van der Waals surface area contributed by atoms with E-state index in [9.17, 15) is 19.8 Å². The first kappa shape index (κ1) is 29.1. The molecule has 0 heterocycles. The number of hydrogen-bond acceptors (Lipinski definition) is 8. The van der Waals surface area contributed by atoms with Crippen molar-refractivity contribution in [3.8, 4) is 0 Å². The molecule has 2 atom stereocenters. The van der Waals surface area contributed by atoms with Crippen molar-refractivity contribution in [3.05, 3.63) is 21.8 Å². The van der Waals surface area contributed by atoms with Gasteiger partial charge in [-0.1, -0.05) is 0 Å². The van der Waals surface area contributed by atoms with Gasteiger partial charge in [0, 0.05) is 40.9 Å². The summed E-state index contributed by atoms with van der Waals surface area (Å²) in [5.41, 5.74) is 1.54. The van der Waals surface area contributed by atoms with Crippen molar-refractivity contribution in [2.75, 3.05) is 52.4 Å². The summed E-state index contributed by atoms with van der Waals surface area (Å²) >= 11 is 6.15. The number of likely N-dealkylation sites (N-methyl/N-ethyl adjacent to an activating group) is 1. The zero-order valence-electron chi connectivity index (χ0n) is 17.0. The Labute approximate surface area is 221 Å². The van der Waals surface area contributed by atoms with E-state index in [1.165, 1.54) is 19.1 Å². The molecule has 0 fully saturated rings. The molecule has 0 saturated carbocycles. The molecule has 1 rings (SSSR count). The first-order chi connectivity index (χ1) is 14.6. The van der Waals surface area contributed by atoms with E-state index in [-0.39, 0.29) is 44.7 Å². The molecule has 176 valence electrons. The molecule has 0 aliphatic heterocycles. The van der Waals surface area contributed by atoms with Gasteiger partial charge in [0.05, 0.1) is 40.2 Å². The second-order valence-corrected chi connectivity index (χ2v) is 9.88. The summed E-state index contributed by atoms with van der Waals surface area (Å²) in [5.74, 6) is -0.756. The van der Waals surface area contributed by atoms with Gasteiger partial charge in [0.15, 0.2) is 0 Å². The van der Waals surface area contributed by atoms with Gasteiger partial charge in [0.25, 0.3) is 5.91 Å². The number of aliphatic hydroxyl groups excluding tert-OH is 4. The number of carbonyl (C=O) groups excluding carboxylic acids is 2. The minimum atomic E-state index is -1.07. The summed E-state index contributed by atoms with van der Waals surface area (Å²) in [6.45, 7) is -0.644. The Bertz CT molecular complexity index is 783. The molecule has 0 saturated heterocycles. The smallest absolute Gasteiger partial charge is 0.255 e. The lowest BCUT2D eigenvalue weighted by Crippen LogP contribution is -2.37. The number of benzene rings is 1. The van der Waals surface area contributed by atoms with Gasteiger partial charge in [-0.3, -0.25) is 9.59 Å².